The highest BCUT2D eigenvalue weighted by atomic mass is 31.1. The molecule has 0 amide bonds. The van der Waals surface area contributed by atoms with Crippen LogP contribution in [-0.2, 0) is 10.6 Å². The Kier molecular flexibility index (Phi) is 6.77. The monoisotopic (exact) mass is 474 g/mol. The molecule has 35 heavy (non-hydrogen) atoms. The van der Waals surface area contributed by atoms with E-state index in [-0.39, 0.29) is 10.6 Å². The fourth-order valence-corrected chi connectivity index (χ4v) is 8.98. The lowest BCUT2D eigenvalue weighted by Gasteiger charge is -2.48. The largest absolute Gasteiger partial charge is 0.0653 e. The van der Waals surface area contributed by atoms with Crippen molar-refractivity contribution in [1.29, 1.82) is 0 Å². The highest BCUT2D eigenvalue weighted by Gasteiger charge is 2.47. The Hall–Kier alpha value is -2.95. The SMILES string of the molecule is CC(C)(C)c1ccc(C=C2CCCP(c3ccccc3)C2(c2ccccc2)c2ccccc2)cc1. The number of rotatable bonds is 4. The van der Waals surface area contributed by atoms with Crippen molar-refractivity contribution in [2.75, 3.05) is 6.16 Å². The van der Waals surface area contributed by atoms with Crippen LogP contribution in [0.15, 0.2) is 121 Å². The maximum Gasteiger partial charge on any atom is 0.0653 e. The minimum absolute atomic E-state index is 0.139. The first-order valence-electron chi connectivity index (χ1n) is 12.7. The molecule has 5 rings (SSSR count). The third-order valence-corrected chi connectivity index (χ3v) is 10.6. The lowest BCUT2D eigenvalue weighted by molar-refractivity contribution is 0.590. The highest BCUT2D eigenvalue weighted by Crippen LogP contribution is 2.66. The van der Waals surface area contributed by atoms with E-state index in [1.807, 2.05) is 0 Å². The van der Waals surface area contributed by atoms with Gasteiger partial charge in [0.05, 0.1) is 5.16 Å². The molecular weight excluding hydrogens is 439 g/mol. The quantitative estimate of drug-likeness (QED) is 0.259. The van der Waals surface area contributed by atoms with Gasteiger partial charge in [0.25, 0.3) is 0 Å². The molecule has 1 aliphatic heterocycles. The van der Waals surface area contributed by atoms with Crippen molar-refractivity contribution < 1.29 is 0 Å². The fourth-order valence-electron chi connectivity index (χ4n) is 5.55. The number of hydrogen-bond donors (Lipinski definition) is 0. The lowest BCUT2D eigenvalue weighted by Crippen LogP contribution is -2.36. The average molecular weight is 475 g/mol. The van der Waals surface area contributed by atoms with Crippen molar-refractivity contribution in [3.63, 3.8) is 0 Å². The van der Waals surface area contributed by atoms with Crippen molar-refractivity contribution in [2.24, 2.45) is 0 Å². The van der Waals surface area contributed by atoms with Crippen LogP contribution in [0.25, 0.3) is 6.08 Å². The Labute approximate surface area is 212 Å². The summed E-state index contributed by atoms with van der Waals surface area (Å²) in [5.41, 5.74) is 7.22. The van der Waals surface area contributed by atoms with Crippen LogP contribution >= 0.6 is 7.92 Å². The summed E-state index contributed by atoms with van der Waals surface area (Å²) in [6.07, 6.45) is 6.09. The molecule has 0 aliphatic carbocycles. The van der Waals surface area contributed by atoms with Gasteiger partial charge < -0.3 is 0 Å². The first-order valence-corrected chi connectivity index (χ1v) is 14.3. The fraction of sp³-hybridized carbons (Fsp3) is 0.235. The van der Waals surface area contributed by atoms with Crippen LogP contribution in [-0.4, -0.2) is 6.16 Å². The van der Waals surface area contributed by atoms with Crippen molar-refractivity contribution in [3.05, 3.63) is 143 Å². The van der Waals surface area contributed by atoms with E-state index in [4.69, 9.17) is 0 Å². The standard InChI is InChI=1S/C34H35P/c1-33(2,3)28-23-21-27(22-24-28)26-31-18-13-25-35(32-19-11-6-12-20-32)34(31,29-14-7-4-8-15-29)30-16-9-5-10-17-30/h4-12,14-17,19-24,26H,13,18,25H2,1-3H3. The molecule has 0 aromatic heterocycles. The smallest absolute Gasteiger partial charge is 0.0622 e. The van der Waals surface area contributed by atoms with Gasteiger partial charge in [0, 0.05) is 0 Å². The lowest BCUT2D eigenvalue weighted by atomic mass is 9.80. The van der Waals surface area contributed by atoms with Gasteiger partial charge in [0.15, 0.2) is 0 Å². The molecule has 1 heteroatoms. The predicted molar refractivity (Wildman–Crippen MR) is 154 cm³/mol. The molecule has 176 valence electrons. The van der Waals surface area contributed by atoms with Crippen LogP contribution < -0.4 is 5.30 Å². The molecule has 1 fully saturated rings. The molecule has 1 saturated heterocycles. The first kappa shape index (κ1) is 23.8. The van der Waals surface area contributed by atoms with Crippen LogP contribution in [0.5, 0.6) is 0 Å². The Balaban J connectivity index is 1.76. The minimum Gasteiger partial charge on any atom is -0.0622 e. The molecule has 1 atom stereocenters. The molecule has 0 radical (unpaired) electrons. The van der Waals surface area contributed by atoms with Gasteiger partial charge in [-0.2, -0.15) is 0 Å². The Bertz CT molecular complexity index is 1220. The first-order chi connectivity index (χ1) is 17.0. The Morgan fingerprint density at radius 2 is 1.17 bits per heavy atom. The maximum atomic E-state index is 2.50. The van der Waals surface area contributed by atoms with Crippen molar-refractivity contribution >= 4 is 19.3 Å². The van der Waals surface area contributed by atoms with Crippen LogP contribution in [0.3, 0.4) is 0 Å². The number of benzene rings is 4. The summed E-state index contributed by atoms with van der Waals surface area (Å²) in [5, 5.41) is 1.35. The normalized spacial score (nSPS) is 18.9. The molecule has 0 saturated carbocycles. The maximum absolute atomic E-state index is 2.50. The second-order valence-electron chi connectivity index (χ2n) is 10.6. The van der Waals surface area contributed by atoms with E-state index in [2.05, 4.69) is 142 Å². The van der Waals surface area contributed by atoms with E-state index in [1.54, 1.807) is 5.57 Å². The van der Waals surface area contributed by atoms with Crippen LogP contribution in [0, 0.1) is 0 Å². The zero-order valence-corrected chi connectivity index (χ0v) is 22.0. The van der Waals surface area contributed by atoms with Crippen LogP contribution in [0.4, 0.5) is 0 Å². The molecule has 0 nitrogen and oxygen atoms in total. The molecule has 0 bridgehead atoms. The van der Waals surface area contributed by atoms with Gasteiger partial charge in [-0.15, -0.1) is 0 Å². The molecule has 4 aromatic rings. The van der Waals surface area contributed by atoms with E-state index >= 15 is 0 Å². The summed E-state index contributed by atoms with van der Waals surface area (Å²) in [4.78, 5) is 0. The van der Waals surface area contributed by atoms with E-state index in [1.165, 1.54) is 40.1 Å². The summed E-state index contributed by atoms with van der Waals surface area (Å²) in [6.45, 7) is 6.85. The topological polar surface area (TPSA) is 0 Å². The van der Waals surface area contributed by atoms with Gasteiger partial charge in [-0.1, -0.05) is 156 Å². The van der Waals surface area contributed by atoms with Gasteiger partial charge in [0.2, 0.25) is 0 Å². The zero-order valence-electron chi connectivity index (χ0n) is 21.1. The van der Waals surface area contributed by atoms with Gasteiger partial charge in [-0.3, -0.25) is 0 Å². The Morgan fingerprint density at radius 1 is 0.657 bits per heavy atom. The molecular formula is C34H35P. The second kappa shape index (κ2) is 9.96. The van der Waals surface area contributed by atoms with Gasteiger partial charge in [0.1, 0.15) is 0 Å². The molecule has 0 N–H and O–H groups in total. The van der Waals surface area contributed by atoms with Crippen molar-refractivity contribution in [1.82, 2.24) is 0 Å². The van der Waals surface area contributed by atoms with Gasteiger partial charge in [-0.05, 0) is 52.0 Å². The van der Waals surface area contributed by atoms with Crippen LogP contribution in [0.2, 0.25) is 0 Å². The highest BCUT2D eigenvalue weighted by molar-refractivity contribution is 7.67. The average Bonchev–Trinajstić information content (AvgIpc) is 2.90. The van der Waals surface area contributed by atoms with E-state index in [0.717, 1.165) is 6.42 Å². The van der Waals surface area contributed by atoms with Gasteiger partial charge >= 0.3 is 0 Å². The summed E-state index contributed by atoms with van der Waals surface area (Å²) in [6, 6.07) is 43.1. The van der Waals surface area contributed by atoms with Crippen molar-refractivity contribution in [3.8, 4) is 0 Å². The summed E-state index contributed by atoms with van der Waals surface area (Å²) >= 11 is 0. The van der Waals surface area contributed by atoms with Crippen LogP contribution in [0.1, 0.15) is 55.9 Å². The molecule has 1 unspecified atom stereocenters. The zero-order chi connectivity index (χ0) is 24.3. The predicted octanol–water partition coefficient (Wildman–Crippen LogP) is 8.91. The van der Waals surface area contributed by atoms with Gasteiger partial charge in [-0.25, -0.2) is 0 Å². The molecule has 1 heterocycles. The third kappa shape index (κ3) is 4.65. The Morgan fingerprint density at radius 3 is 1.69 bits per heavy atom. The second-order valence-corrected chi connectivity index (χ2v) is 13.1. The summed E-state index contributed by atoms with van der Waals surface area (Å²) < 4.78 is 0. The number of hydrogen-bond acceptors (Lipinski definition) is 0. The van der Waals surface area contributed by atoms with E-state index in [0.29, 0.717) is 0 Å². The minimum atomic E-state index is -0.496. The number of allylic oxidation sites excluding steroid dienone is 1. The summed E-state index contributed by atoms with van der Waals surface area (Å²) in [7, 11) is -0.496. The van der Waals surface area contributed by atoms with E-state index < -0.39 is 7.92 Å². The molecule has 1 aliphatic rings. The van der Waals surface area contributed by atoms with Crippen molar-refractivity contribution in [2.45, 2.75) is 44.2 Å². The van der Waals surface area contributed by atoms with E-state index in [9.17, 15) is 0 Å². The molecule has 4 aromatic carbocycles. The third-order valence-electron chi connectivity index (χ3n) is 7.27. The summed E-state index contributed by atoms with van der Waals surface area (Å²) in [5.74, 6) is 0. The molecule has 0 spiro atoms.